The lowest BCUT2D eigenvalue weighted by Crippen LogP contribution is -2.14. The number of hydrogen-bond donors (Lipinski definition) is 1. The van der Waals surface area contributed by atoms with Crippen LogP contribution >= 0.6 is 0 Å². The number of para-hydroxylation sites is 1. The SMILES string of the molecule is CCCNCc1oc2c(OC)cccc2c1CCC. The van der Waals surface area contributed by atoms with Gasteiger partial charge in [-0.05, 0) is 25.5 Å². The van der Waals surface area contributed by atoms with E-state index >= 15 is 0 Å². The van der Waals surface area contributed by atoms with Crippen molar-refractivity contribution in [3.63, 3.8) is 0 Å². The normalized spacial score (nSPS) is 11.1. The third-order valence-corrected chi connectivity index (χ3v) is 3.30. The predicted molar refractivity (Wildman–Crippen MR) is 78.8 cm³/mol. The molecule has 0 aliphatic carbocycles. The van der Waals surface area contributed by atoms with Crippen molar-refractivity contribution in [2.45, 2.75) is 39.7 Å². The van der Waals surface area contributed by atoms with Crippen molar-refractivity contribution in [2.75, 3.05) is 13.7 Å². The van der Waals surface area contributed by atoms with Crippen molar-refractivity contribution >= 4 is 11.0 Å². The molecule has 2 aromatic rings. The van der Waals surface area contributed by atoms with Gasteiger partial charge in [0.2, 0.25) is 0 Å². The number of rotatable bonds is 7. The van der Waals surface area contributed by atoms with Crippen LogP contribution in [0.2, 0.25) is 0 Å². The van der Waals surface area contributed by atoms with Gasteiger partial charge in [0, 0.05) is 10.9 Å². The molecule has 0 bridgehead atoms. The number of fused-ring (bicyclic) bond motifs is 1. The molecule has 0 saturated carbocycles. The molecular weight excluding hydrogens is 238 g/mol. The van der Waals surface area contributed by atoms with E-state index in [1.807, 2.05) is 12.1 Å². The second-order valence-corrected chi connectivity index (χ2v) is 4.77. The minimum atomic E-state index is 0.793. The van der Waals surface area contributed by atoms with Crippen LogP contribution < -0.4 is 10.1 Å². The lowest BCUT2D eigenvalue weighted by Gasteiger charge is -2.03. The molecule has 1 aromatic carbocycles. The molecule has 3 nitrogen and oxygen atoms in total. The molecule has 0 fully saturated rings. The van der Waals surface area contributed by atoms with Crippen LogP contribution in [0.1, 0.15) is 38.0 Å². The zero-order valence-electron chi connectivity index (χ0n) is 12.1. The zero-order chi connectivity index (χ0) is 13.7. The summed E-state index contributed by atoms with van der Waals surface area (Å²) in [6, 6.07) is 6.10. The number of hydrogen-bond acceptors (Lipinski definition) is 3. The number of methoxy groups -OCH3 is 1. The summed E-state index contributed by atoms with van der Waals surface area (Å²) in [5, 5.41) is 4.60. The van der Waals surface area contributed by atoms with E-state index in [2.05, 4.69) is 25.2 Å². The molecule has 3 heteroatoms. The number of benzene rings is 1. The van der Waals surface area contributed by atoms with Gasteiger partial charge in [0.1, 0.15) is 5.76 Å². The Kier molecular flexibility index (Phi) is 4.86. The maximum atomic E-state index is 6.03. The smallest absolute Gasteiger partial charge is 0.176 e. The highest BCUT2D eigenvalue weighted by Gasteiger charge is 2.15. The van der Waals surface area contributed by atoms with Crippen LogP contribution in [-0.4, -0.2) is 13.7 Å². The van der Waals surface area contributed by atoms with Crippen LogP contribution in [0.5, 0.6) is 5.75 Å². The first kappa shape index (κ1) is 13.9. The van der Waals surface area contributed by atoms with Gasteiger partial charge in [-0.25, -0.2) is 0 Å². The molecule has 0 spiro atoms. The lowest BCUT2D eigenvalue weighted by atomic mass is 10.1. The highest BCUT2D eigenvalue weighted by molar-refractivity contribution is 5.87. The van der Waals surface area contributed by atoms with E-state index in [1.165, 1.54) is 10.9 Å². The third-order valence-electron chi connectivity index (χ3n) is 3.30. The molecule has 1 heterocycles. The molecule has 2 rings (SSSR count). The number of ether oxygens (including phenoxy) is 1. The molecule has 104 valence electrons. The molecule has 0 aliphatic heterocycles. The molecule has 1 aromatic heterocycles. The quantitative estimate of drug-likeness (QED) is 0.768. The summed E-state index contributed by atoms with van der Waals surface area (Å²) in [6.45, 7) is 6.17. The standard InChI is InChI=1S/C16H23NO2/c1-4-7-12-13-8-6-9-14(18-3)16(13)19-15(12)11-17-10-5-2/h6,8-9,17H,4-5,7,10-11H2,1-3H3. The molecular formula is C16H23NO2. The second-order valence-electron chi connectivity index (χ2n) is 4.77. The van der Waals surface area contributed by atoms with Gasteiger partial charge in [-0.3, -0.25) is 0 Å². The van der Waals surface area contributed by atoms with Crippen LogP contribution in [0.25, 0.3) is 11.0 Å². The van der Waals surface area contributed by atoms with E-state index in [9.17, 15) is 0 Å². The van der Waals surface area contributed by atoms with Gasteiger partial charge in [-0.15, -0.1) is 0 Å². The molecule has 1 N–H and O–H groups in total. The second kappa shape index (κ2) is 6.62. The van der Waals surface area contributed by atoms with E-state index < -0.39 is 0 Å². The summed E-state index contributed by atoms with van der Waals surface area (Å²) >= 11 is 0. The number of furan rings is 1. The molecule has 0 amide bonds. The van der Waals surface area contributed by atoms with E-state index in [-0.39, 0.29) is 0 Å². The fraction of sp³-hybridized carbons (Fsp3) is 0.500. The largest absolute Gasteiger partial charge is 0.493 e. The minimum Gasteiger partial charge on any atom is -0.493 e. The van der Waals surface area contributed by atoms with Gasteiger partial charge < -0.3 is 14.5 Å². The lowest BCUT2D eigenvalue weighted by molar-refractivity contribution is 0.406. The molecule has 0 saturated heterocycles. The minimum absolute atomic E-state index is 0.793. The van der Waals surface area contributed by atoms with Crippen molar-refractivity contribution < 1.29 is 9.15 Å². The van der Waals surface area contributed by atoms with Crippen LogP contribution in [0, 0.1) is 0 Å². The van der Waals surface area contributed by atoms with Crippen LogP contribution in [-0.2, 0) is 13.0 Å². The van der Waals surface area contributed by atoms with E-state index in [0.29, 0.717) is 0 Å². The maximum Gasteiger partial charge on any atom is 0.176 e. The Labute approximate surface area is 114 Å². The average Bonchev–Trinajstić information content (AvgIpc) is 2.78. The summed E-state index contributed by atoms with van der Waals surface area (Å²) in [6.07, 6.45) is 3.29. The Morgan fingerprint density at radius 1 is 1.21 bits per heavy atom. The van der Waals surface area contributed by atoms with E-state index in [4.69, 9.17) is 9.15 Å². The number of aryl methyl sites for hydroxylation is 1. The Hall–Kier alpha value is -1.48. The van der Waals surface area contributed by atoms with Crippen LogP contribution in [0.4, 0.5) is 0 Å². The topological polar surface area (TPSA) is 34.4 Å². The van der Waals surface area contributed by atoms with Gasteiger partial charge in [0.15, 0.2) is 11.3 Å². The van der Waals surface area contributed by atoms with Crippen molar-refractivity contribution in [3.05, 3.63) is 29.5 Å². The van der Waals surface area contributed by atoms with E-state index in [0.717, 1.165) is 49.4 Å². The van der Waals surface area contributed by atoms with Crippen molar-refractivity contribution in [2.24, 2.45) is 0 Å². The summed E-state index contributed by atoms with van der Waals surface area (Å²) < 4.78 is 11.4. The predicted octanol–water partition coefficient (Wildman–Crippen LogP) is 3.89. The summed E-state index contributed by atoms with van der Waals surface area (Å²) in [4.78, 5) is 0. The Morgan fingerprint density at radius 2 is 2.05 bits per heavy atom. The summed E-state index contributed by atoms with van der Waals surface area (Å²) in [7, 11) is 1.69. The van der Waals surface area contributed by atoms with Gasteiger partial charge in [-0.2, -0.15) is 0 Å². The highest BCUT2D eigenvalue weighted by Crippen LogP contribution is 2.33. The van der Waals surface area contributed by atoms with Crippen molar-refractivity contribution in [1.29, 1.82) is 0 Å². The average molecular weight is 261 g/mol. The Morgan fingerprint density at radius 3 is 2.74 bits per heavy atom. The first-order chi connectivity index (χ1) is 9.31. The molecule has 0 atom stereocenters. The third kappa shape index (κ3) is 2.92. The summed E-state index contributed by atoms with van der Waals surface area (Å²) in [5.74, 6) is 1.87. The van der Waals surface area contributed by atoms with Gasteiger partial charge in [-0.1, -0.05) is 32.4 Å². The van der Waals surface area contributed by atoms with Gasteiger partial charge >= 0.3 is 0 Å². The molecule has 0 unspecified atom stereocenters. The highest BCUT2D eigenvalue weighted by atomic mass is 16.5. The van der Waals surface area contributed by atoms with Crippen molar-refractivity contribution in [3.8, 4) is 5.75 Å². The molecule has 0 aliphatic rings. The molecule has 0 radical (unpaired) electrons. The van der Waals surface area contributed by atoms with Gasteiger partial charge in [0.25, 0.3) is 0 Å². The Balaban J connectivity index is 2.40. The van der Waals surface area contributed by atoms with Crippen molar-refractivity contribution in [1.82, 2.24) is 5.32 Å². The molecule has 19 heavy (non-hydrogen) atoms. The fourth-order valence-electron chi connectivity index (χ4n) is 2.40. The number of nitrogens with one attached hydrogen (secondary N) is 1. The zero-order valence-corrected chi connectivity index (χ0v) is 12.1. The maximum absolute atomic E-state index is 6.03. The monoisotopic (exact) mass is 261 g/mol. The summed E-state index contributed by atoms with van der Waals surface area (Å²) in [5.41, 5.74) is 2.20. The first-order valence-electron chi connectivity index (χ1n) is 7.09. The fourth-order valence-corrected chi connectivity index (χ4v) is 2.40. The van der Waals surface area contributed by atoms with Crippen LogP contribution in [0.3, 0.4) is 0 Å². The first-order valence-corrected chi connectivity index (χ1v) is 7.09. The van der Waals surface area contributed by atoms with Crippen LogP contribution in [0.15, 0.2) is 22.6 Å². The van der Waals surface area contributed by atoms with E-state index in [1.54, 1.807) is 7.11 Å². The van der Waals surface area contributed by atoms with Gasteiger partial charge in [0.05, 0.1) is 13.7 Å². The Bertz CT molecular complexity index is 531.